The standard InChI is InChI=1S/C17H25ClN4O2/c1-20(2)8-4-7-19-16(23)17(24)22-11-9-21(10-12-22)15-6-3-5-14(18)13-15/h3,5-6,13H,4,7-12H2,1-2H3,(H,19,23). The number of benzene rings is 1. The van der Waals surface area contributed by atoms with Gasteiger partial charge in [0.2, 0.25) is 0 Å². The summed E-state index contributed by atoms with van der Waals surface area (Å²) in [5, 5.41) is 3.39. The molecular formula is C17H25ClN4O2. The van der Waals surface area contributed by atoms with Gasteiger partial charge >= 0.3 is 11.8 Å². The molecule has 0 aliphatic carbocycles. The van der Waals surface area contributed by atoms with Gasteiger partial charge in [-0.2, -0.15) is 0 Å². The molecule has 1 aromatic carbocycles. The van der Waals surface area contributed by atoms with Crippen LogP contribution in [0.1, 0.15) is 6.42 Å². The summed E-state index contributed by atoms with van der Waals surface area (Å²) in [7, 11) is 3.96. The minimum Gasteiger partial charge on any atom is -0.368 e. The number of rotatable bonds is 5. The van der Waals surface area contributed by atoms with E-state index in [0.717, 1.165) is 18.7 Å². The Hall–Kier alpha value is -1.79. The molecule has 0 unspecified atom stereocenters. The van der Waals surface area contributed by atoms with Gasteiger partial charge in [0, 0.05) is 43.4 Å². The molecule has 0 radical (unpaired) electrons. The van der Waals surface area contributed by atoms with Gasteiger partial charge in [0.05, 0.1) is 0 Å². The van der Waals surface area contributed by atoms with Gasteiger partial charge in [0.1, 0.15) is 0 Å². The molecule has 1 fully saturated rings. The average Bonchev–Trinajstić information content (AvgIpc) is 2.58. The third-order valence-electron chi connectivity index (χ3n) is 4.00. The van der Waals surface area contributed by atoms with Crippen LogP contribution >= 0.6 is 11.6 Å². The van der Waals surface area contributed by atoms with Crippen LogP contribution in [0, 0.1) is 0 Å². The summed E-state index contributed by atoms with van der Waals surface area (Å²) >= 11 is 6.02. The highest BCUT2D eigenvalue weighted by Crippen LogP contribution is 2.20. The SMILES string of the molecule is CN(C)CCCNC(=O)C(=O)N1CCN(c2cccc(Cl)c2)CC1. The Balaban J connectivity index is 1.77. The third-order valence-corrected chi connectivity index (χ3v) is 4.24. The second-order valence-electron chi connectivity index (χ2n) is 6.17. The minimum atomic E-state index is -0.509. The van der Waals surface area contributed by atoms with Crippen LogP contribution < -0.4 is 10.2 Å². The molecule has 0 bridgehead atoms. The quantitative estimate of drug-likeness (QED) is 0.636. The summed E-state index contributed by atoms with van der Waals surface area (Å²) in [4.78, 5) is 30.0. The van der Waals surface area contributed by atoms with E-state index in [0.29, 0.717) is 37.7 Å². The molecule has 1 aliphatic heterocycles. The van der Waals surface area contributed by atoms with E-state index >= 15 is 0 Å². The number of piperazine rings is 1. The third kappa shape index (κ3) is 5.39. The van der Waals surface area contributed by atoms with Crippen molar-refractivity contribution in [3.63, 3.8) is 0 Å². The highest BCUT2D eigenvalue weighted by atomic mass is 35.5. The van der Waals surface area contributed by atoms with Gasteiger partial charge in [-0.1, -0.05) is 17.7 Å². The molecule has 0 aromatic heterocycles. The summed E-state index contributed by atoms with van der Waals surface area (Å²) in [5.41, 5.74) is 1.04. The van der Waals surface area contributed by atoms with Gasteiger partial charge in [-0.05, 0) is 45.3 Å². The molecule has 1 saturated heterocycles. The number of halogens is 1. The summed E-state index contributed by atoms with van der Waals surface area (Å²) in [6.45, 7) is 3.87. The van der Waals surface area contributed by atoms with Gasteiger partial charge in [-0.3, -0.25) is 9.59 Å². The number of hydrogen-bond donors (Lipinski definition) is 1. The second-order valence-corrected chi connectivity index (χ2v) is 6.61. The van der Waals surface area contributed by atoms with E-state index in [1.807, 2.05) is 43.3 Å². The van der Waals surface area contributed by atoms with Crippen LogP contribution in [0.15, 0.2) is 24.3 Å². The van der Waals surface area contributed by atoms with Crippen LogP contribution in [-0.2, 0) is 9.59 Å². The molecule has 6 nitrogen and oxygen atoms in total. The van der Waals surface area contributed by atoms with E-state index in [-0.39, 0.29) is 0 Å². The topological polar surface area (TPSA) is 55.9 Å². The maximum absolute atomic E-state index is 12.2. The van der Waals surface area contributed by atoms with E-state index in [1.165, 1.54) is 0 Å². The smallest absolute Gasteiger partial charge is 0.312 e. The molecule has 132 valence electrons. The monoisotopic (exact) mass is 352 g/mol. The zero-order chi connectivity index (χ0) is 17.5. The van der Waals surface area contributed by atoms with Crippen molar-refractivity contribution in [1.29, 1.82) is 0 Å². The highest BCUT2D eigenvalue weighted by molar-refractivity contribution is 6.35. The molecule has 1 heterocycles. The molecule has 0 saturated carbocycles. The molecule has 24 heavy (non-hydrogen) atoms. The second kappa shape index (κ2) is 8.89. The lowest BCUT2D eigenvalue weighted by Crippen LogP contribution is -2.52. The Labute approximate surface area is 148 Å². The number of carbonyl (C=O) groups excluding carboxylic acids is 2. The van der Waals surface area contributed by atoms with Crippen molar-refractivity contribution in [1.82, 2.24) is 15.1 Å². The number of carbonyl (C=O) groups is 2. The van der Waals surface area contributed by atoms with Gasteiger partial charge in [0.25, 0.3) is 0 Å². The molecule has 0 atom stereocenters. The predicted molar refractivity (Wildman–Crippen MR) is 96.4 cm³/mol. The Morgan fingerprint density at radius 2 is 1.92 bits per heavy atom. The predicted octanol–water partition coefficient (Wildman–Crippen LogP) is 1.06. The lowest BCUT2D eigenvalue weighted by molar-refractivity contribution is -0.146. The van der Waals surface area contributed by atoms with E-state index in [9.17, 15) is 9.59 Å². The zero-order valence-corrected chi connectivity index (χ0v) is 15.1. The number of anilines is 1. The van der Waals surface area contributed by atoms with Crippen LogP contribution in [0.25, 0.3) is 0 Å². The highest BCUT2D eigenvalue weighted by Gasteiger charge is 2.25. The van der Waals surface area contributed by atoms with Gasteiger partial charge < -0.3 is 20.0 Å². The van der Waals surface area contributed by atoms with E-state index in [2.05, 4.69) is 10.2 Å². The fourth-order valence-electron chi connectivity index (χ4n) is 2.66. The maximum atomic E-state index is 12.2. The Morgan fingerprint density at radius 3 is 2.54 bits per heavy atom. The molecule has 1 aromatic rings. The number of hydrogen-bond acceptors (Lipinski definition) is 4. The first kappa shape index (κ1) is 18.5. The van der Waals surface area contributed by atoms with E-state index in [4.69, 9.17) is 11.6 Å². The molecule has 7 heteroatoms. The molecule has 0 spiro atoms. The van der Waals surface area contributed by atoms with Gasteiger partial charge in [0.15, 0.2) is 0 Å². The largest absolute Gasteiger partial charge is 0.368 e. The molecule has 1 N–H and O–H groups in total. The molecule has 2 rings (SSSR count). The first-order chi connectivity index (χ1) is 11.5. The van der Waals surface area contributed by atoms with E-state index in [1.54, 1.807) is 4.90 Å². The van der Waals surface area contributed by atoms with Crippen molar-refractivity contribution in [2.75, 3.05) is 58.3 Å². The molecule has 1 aliphatic rings. The van der Waals surface area contributed by atoms with Crippen LogP contribution in [0.3, 0.4) is 0 Å². The lowest BCUT2D eigenvalue weighted by Gasteiger charge is -2.35. The number of nitrogens with one attached hydrogen (secondary N) is 1. The lowest BCUT2D eigenvalue weighted by atomic mass is 10.2. The van der Waals surface area contributed by atoms with Crippen molar-refractivity contribution in [2.45, 2.75) is 6.42 Å². The Bertz CT molecular complexity index is 571. The van der Waals surface area contributed by atoms with Crippen LogP contribution in [0.5, 0.6) is 0 Å². The Morgan fingerprint density at radius 1 is 1.21 bits per heavy atom. The van der Waals surface area contributed by atoms with Crippen LogP contribution in [-0.4, -0.2) is 75.0 Å². The summed E-state index contributed by atoms with van der Waals surface area (Å²) in [5.74, 6) is -0.949. The Kier molecular flexibility index (Phi) is 6.87. The first-order valence-corrected chi connectivity index (χ1v) is 8.57. The van der Waals surface area contributed by atoms with Crippen LogP contribution in [0.2, 0.25) is 5.02 Å². The van der Waals surface area contributed by atoms with E-state index < -0.39 is 11.8 Å². The number of nitrogens with zero attached hydrogens (tertiary/aromatic N) is 3. The normalized spacial score (nSPS) is 14.8. The van der Waals surface area contributed by atoms with Gasteiger partial charge in [-0.25, -0.2) is 0 Å². The van der Waals surface area contributed by atoms with Crippen LogP contribution in [0.4, 0.5) is 5.69 Å². The number of amides is 2. The van der Waals surface area contributed by atoms with Gasteiger partial charge in [-0.15, -0.1) is 0 Å². The summed E-state index contributed by atoms with van der Waals surface area (Å²) in [6.07, 6.45) is 0.828. The first-order valence-electron chi connectivity index (χ1n) is 8.19. The van der Waals surface area contributed by atoms with Crippen molar-refractivity contribution in [3.05, 3.63) is 29.3 Å². The van der Waals surface area contributed by atoms with Crippen molar-refractivity contribution < 1.29 is 9.59 Å². The van der Waals surface area contributed by atoms with Crippen molar-refractivity contribution in [2.24, 2.45) is 0 Å². The summed E-state index contributed by atoms with van der Waals surface area (Å²) < 4.78 is 0. The zero-order valence-electron chi connectivity index (χ0n) is 14.3. The molecular weight excluding hydrogens is 328 g/mol. The summed E-state index contributed by atoms with van der Waals surface area (Å²) in [6, 6.07) is 7.67. The van der Waals surface area contributed by atoms with Crippen molar-refractivity contribution in [3.8, 4) is 0 Å². The average molecular weight is 353 g/mol. The minimum absolute atomic E-state index is 0.439. The fraction of sp³-hybridized carbons (Fsp3) is 0.529. The maximum Gasteiger partial charge on any atom is 0.312 e. The molecule has 2 amide bonds. The van der Waals surface area contributed by atoms with Crippen molar-refractivity contribution >= 4 is 29.1 Å². The fourth-order valence-corrected chi connectivity index (χ4v) is 2.84.